The van der Waals surface area contributed by atoms with E-state index < -0.39 is 6.04 Å². The van der Waals surface area contributed by atoms with E-state index in [1.54, 1.807) is 6.08 Å². The molecule has 5 rings (SSSR count). The van der Waals surface area contributed by atoms with Gasteiger partial charge in [-0.25, -0.2) is 0 Å². The van der Waals surface area contributed by atoms with Crippen molar-refractivity contribution in [3.05, 3.63) is 113 Å². The van der Waals surface area contributed by atoms with Crippen LogP contribution in [0.3, 0.4) is 0 Å². The predicted octanol–water partition coefficient (Wildman–Crippen LogP) is 5.93. The SMILES string of the molecule is O=C(/C=C/c1ccc(CI)cc1)NC[C@@H]1CCN(CC(c2ccccc2)c2ccccc2)C(=O)[C@H](CCC(=O)N2CCCCC2)N1. The zero-order chi connectivity index (χ0) is 32.1. The third-order valence-corrected chi connectivity index (χ3v) is 9.92. The van der Waals surface area contributed by atoms with Crippen LogP contribution in [0.2, 0.25) is 0 Å². The third kappa shape index (κ3) is 9.75. The van der Waals surface area contributed by atoms with Gasteiger partial charge in [0.05, 0.1) is 6.04 Å². The van der Waals surface area contributed by atoms with Crippen LogP contribution < -0.4 is 10.6 Å². The third-order valence-electron chi connectivity index (χ3n) is 9.04. The molecule has 0 aliphatic carbocycles. The zero-order valence-corrected chi connectivity index (χ0v) is 28.6. The summed E-state index contributed by atoms with van der Waals surface area (Å²) in [6.45, 7) is 3.12. The summed E-state index contributed by atoms with van der Waals surface area (Å²) in [6, 6.07) is 28.2. The Labute approximate surface area is 287 Å². The van der Waals surface area contributed by atoms with Crippen molar-refractivity contribution in [2.75, 3.05) is 32.7 Å². The standard InChI is InChI=1S/C38H45IN4O3/c39-26-30-16-14-29(15-17-30)18-20-36(44)40-27-33-22-25-43(28-34(31-10-4-1-5-11-31)32-12-6-2-7-13-32)38(46)35(41-33)19-21-37(45)42-23-8-3-9-24-42/h1-2,4-7,10-18,20,33-35,41H,3,8-9,19,21-28H2,(H,40,44)/b20-18+/t33-,35-/m0/s1. The van der Waals surface area contributed by atoms with E-state index in [1.165, 1.54) is 12.0 Å². The van der Waals surface area contributed by atoms with Gasteiger partial charge in [-0.1, -0.05) is 108 Å². The Balaban J connectivity index is 1.28. The topological polar surface area (TPSA) is 81.8 Å². The van der Waals surface area contributed by atoms with Crippen molar-refractivity contribution >= 4 is 46.4 Å². The molecule has 3 aromatic carbocycles. The van der Waals surface area contributed by atoms with Gasteiger partial charge in [0.25, 0.3) is 0 Å². The van der Waals surface area contributed by atoms with Gasteiger partial charge in [0, 0.05) is 61.6 Å². The molecule has 2 N–H and O–H groups in total. The molecule has 46 heavy (non-hydrogen) atoms. The first kappa shape index (κ1) is 33.9. The Morgan fingerprint density at radius 2 is 1.54 bits per heavy atom. The molecule has 8 heteroatoms. The molecule has 0 unspecified atom stereocenters. The molecule has 2 aliphatic rings. The highest BCUT2D eigenvalue weighted by Gasteiger charge is 2.33. The van der Waals surface area contributed by atoms with Gasteiger partial charge in [-0.15, -0.1) is 0 Å². The molecule has 2 heterocycles. The zero-order valence-electron chi connectivity index (χ0n) is 26.5. The second-order valence-electron chi connectivity index (χ2n) is 12.3. The van der Waals surface area contributed by atoms with Gasteiger partial charge in [0.15, 0.2) is 0 Å². The molecule has 0 aromatic heterocycles. The lowest BCUT2D eigenvalue weighted by atomic mass is 9.90. The minimum Gasteiger partial charge on any atom is -0.351 e. The van der Waals surface area contributed by atoms with Gasteiger partial charge in [-0.3, -0.25) is 14.4 Å². The van der Waals surface area contributed by atoms with Crippen molar-refractivity contribution < 1.29 is 14.4 Å². The number of nitrogens with one attached hydrogen (secondary N) is 2. The number of nitrogens with zero attached hydrogens (tertiary/aromatic N) is 2. The molecule has 0 spiro atoms. The minimum atomic E-state index is -0.502. The predicted molar refractivity (Wildman–Crippen MR) is 193 cm³/mol. The van der Waals surface area contributed by atoms with Crippen molar-refractivity contribution in [2.45, 2.75) is 61.0 Å². The largest absolute Gasteiger partial charge is 0.351 e. The van der Waals surface area contributed by atoms with Crippen molar-refractivity contribution in [1.29, 1.82) is 0 Å². The van der Waals surface area contributed by atoms with E-state index in [1.807, 2.05) is 64.4 Å². The fourth-order valence-corrected chi connectivity index (χ4v) is 6.88. The number of hydrogen-bond donors (Lipinski definition) is 2. The maximum absolute atomic E-state index is 14.2. The lowest BCUT2D eigenvalue weighted by molar-refractivity contribution is -0.134. The van der Waals surface area contributed by atoms with Crippen LogP contribution in [0, 0.1) is 0 Å². The Morgan fingerprint density at radius 3 is 2.17 bits per heavy atom. The van der Waals surface area contributed by atoms with Crippen molar-refractivity contribution in [3.8, 4) is 0 Å². The van der Waals surface area contributed by atoms with Crippen LogP contribution in [0.5, 0.6) is 0 Å². The number of alkyl halides is 1. The van der Waals surface area contributed by atoms with Gasteiger partial charge < -0.3 is 20.4 Å². The summed E-state index contributed by atoms with van der Waals surface area (Å²) in [5, 5.41) is 6.58. The molecular formula is C38H45IN4O3. The summed E-state index contributed by atoms with van der Waals surface area (Å²) >= 11 is 2.33. The number of benzene rings is 3. The smallest absolute Gasteiger partial charge is 0.244 e. The highest BCUT2D eigenvalue weighted by Crippen LogP contribution is 2.27. The number of carbonyl (C=O) groups excluding carboxylic acids is 3. The van der Waals surface area contributed by atoms with Crippen LogP contribution in [0.25, 0.3) is 6.08 Å². The Bertz CT molecular complexity index is 1400. The summed E-state index contributed by atoms with van der Waals surface area (Å²) in [4.78, 5) is 43.9. The van der Waals surface area contributed by atoms with Gasteiger partial charge >= 0.3 is 0 Å². The molecule has 7 nitrogen and oxygen atoms in total. The summed E-state index contributed by atoms with van der Waals surface area (Å²) in [5.41, 5.74) is 4.55. The maximum atomic E-state index is 14.2. The van der Waals surface area contributed by atoms with Crippen LogP contribution in [0.1, 0.15) is 66.7 Å². The number of likely N-dealkylation sites (tertiary alicyclic amines) is 1. The fourth-order valence-electron chi connectivity index (χ4n) is 6.37. The molecule has 2 saturated heterocycles. The summed E-state index contributed by atoms with van der Waals surface area (Å²) in [5.74, 6) is -0.00315. The second-order valence-corrected chi connectivity index (χ2v) is 13.1. The van der Waals surface area contributed by atoms with E-state index in [0.717, 1.165) is 47.0 Å². The van der Waals surface area contributed by atoms with Gasteiger partial charge in [0.1, 0.15) is 0 Å². The first-order valence-corrected chi connectivity index (χ1v) is 18.1. The van der Waals surface area contributed by atoms with Gasteiger partial charge in [-0.2, -0.15) is 0 Å². The van der Waals surface area contributed by atoms with Crippen molar-refractivity contribution in [1.82, 2.24) is 20.4 Å². The van der Waals surface area contributed by atoms with E-state index in [9.17, 15) is 14.4 Å². The summed E-state index contributed by atoms with van der Waals surface area (Å²) < 4.78 is 0.948. The minimum absolute atomic E-state index is 0.0204. The molecule has 3 aromatic rings. The average molecular weight is 733 g/mol. The molecule has 0 saturated carbocycles. The molecule has 3 amide bonds. The highest BCUT2D eigenvalue weighted by atomic mass is 127. The lowest BCUT2D eigenvalue weighted by Gasteiger charge is -2.30. The number of hydrogen-bond acceptors (Lipinski definition) is 4. The fraction of sp³-hybridized carbons (Fsp3) is 0.395. The Morgan fingerprint density at radius 1 is 0.891 bits per heavy atom. The average Bonchev–Trinajstić information content (AvgIpc) is 3.26. The molecule has 2 aliphatic heterocycles. The van der Waals surface area contributed by atoms with E-state index in [4.69, 9.17) is 0 Å². The van der Waals surface area contributed by atoms with Crippen LogP contribution in [-0.2, 0) is 18.8 Å². The quantitative estimate of drug-likeness (QED) is 0.138. The summed E-state index contributed by atoms with van der Waals surface area (Å²) in [6.07, 6.45) is 8.09. The maximum Gasteiger partial charge on any atom is 0.244 e. The van der Waals surface area contributed by atoms with Crippen molar-refractivity contribution in [3.63, 3.8) is 0 Å². The molecule has 2 atom stereocenters. The number of rotatable bonds is 12. The van der Waals surface area contributed by atoms with E-state index in [-0.39, 0.29) is 29.7 Å². The monoisotopic (exact) mass is 732 g/mol. The number of amides is 3. The van der Waals surface area contributed by atoms with E-state index in [0.29, 0.717) is 38.9 Å². The number of halogens is 1. The van der Waals surface area contributed by atoms with E-state index in [2.05, 4.69) is 69.6 Å². The normalized spacial score (nSPS) is 19.0. The van der Waals surface area contributed by atoms with Crippen LogP contribution in [-0.4, -0.2) is 72.3 Å². The molecule has 0 radical (unpaired) electrons. The number of carbonyl (C=O) groups is 3. The second kappa shape index (κ2) is 17.4. The molecule has 242 valence electrons. The summed E-state index contributed by atoms with van der Waals surface area (Å²) in [7, 11) is 0. The van der Waals surface area contributed by atoms with Crippen molar-refractivity contribution in [2.24, 2.45) is 0 Å². The lowest BCUT2D eigenvalue weighted by Crippen LogP contribution is -2.49. The van der Waals surface area contributed by atoms with Crippen LogP contribution in [0.15, 0.2) is 91.0 Å². The molecule has 0 bridgehead atoms. The van der Waals surface area contributed by atoms with E-state index >= 15 is 0 Å². The van der Waals surface area contributed by atoms with Gasteiger partial charge in [0.2, 0.25) is 17.7 Å². The first-order chi connectivity index (χ1) is 22.5. The highest BCUT2D eigenvalue weighted by molar-refractivity contribution is 14.1. The molecule has 2 fully saturated rings. The molecular weight excluding hydrogens is 687 g/mol. The Kier molecular flexibility index (Phi) is 12.8. The van der Waals surface area contributed by atoms with Crippen LogP contribution >= 0.6 is 22.6 Å². The van der Waals surface area contributed by atoms with Gasteiger partial charge in [-0.05, 0) is 60.4 Å². The van der Waals surface area contributed by atoms with Crippen LogP contribution in [0.4, 0.5) is 0 Å². The number of piperidine rings is 1. The Hall–Kier alpha value is -3.50. The first-order valence-electron chi connectivity index (χ1n) is 16.5.